The third kappa shape index (κ3) is 5.28. The molecule has 33 heavy (non-hydrogen) atoms. The summed E-state index contributed by atoms with van der Waals surface area (Å²) in [5, 5.41) is 2.29. The van der Waals surface area contributed by atoms with Gasteiger partial charge in [0.1, 0.15) is 18.1 Å². The zero-order chi connectivity index (χ0) is 23.4. The Bertz CT molecular complexity index is 1300. The maximum absolute atomic E-state index is 13.5. The van der Waals surface area contributed by atoms with Gasteiger partial charge in [-0.3, -0.25) is 14.2 Å². The van der Waals surface area contributed by atoms with Crippen LogP contribution in [-0.2, 0) is 24.3 Å². The fourth-order valence-corrected chi connectivity index (χ4v) is 4.55. The molecule has 0 bridgehead atoms. The van der Waals surface area contributed by atoms with Gasteiger partial charge in [-0.2, -0.15) is 0 Å². The Hall–Kier alpha value is -3.52. The van der Waals surface area contributed by atoms with Gasteiger partial charge < -0.3 is 9.64 Å². The van der Waals surface area contributed by atoms with Crippen molar-refractivity contribution in [1.82, 2.24) is 14.5 Å². The van der Waals surface area contributed by atoms with Gasteiger partial charge in [-0.05, 0) is 48.2 Å². The number of aromatic nitrogens is 2. The number of halogens is 1. The van der Waals surface area contributed by atoms with Crippen LogP contribution in [0.1, 0.15) is 17.4 Å². The average Bonchev–Trinajstić information content (AvgIpc) is 3.32. The van der Waals surface area contributed by atoms with E-state index in [-0.39, 0.29) is 35.0 Å². The van der Waals surface area contributed by atoms with Gasteiger partial charge >= 0.3 is 0 Å². The lowest BCUT2D eigenvalue weighted by Gasteiger charge is -2.30. The molecule has 2 heterocycles. The lowest BCUT2D eigenvalue weighted by molar-refractivity contribution is -0.134. The van der Waals surface area contributed by atoms with E-state index in [1.807, 2.05) is 48.7 Å². The second-order valence-corrected chi connectivity index (χ2v) is 8.87. The van der Waals surface area contributed by atoms with Gasteiger partial charge in [-0.15, -0.1) is 11.3 Å². The second-order valence-electron chi connectivity index (χ2n) is 7.84. The molecule has 0 radical (unpaired) electrons. The standard InChI is InChI=1S/C25H24FN3O3S/c1-17(12-21-4-3-11-33-21)29(14-18-5-8-20(32-2)9-6-18)24(30)15-28-16-27-23-13-19(26)7-10-22(23)25(28)31/h3-11,13,16-17H,12,14-15H2,1-2H3/t17-/m0/s1. The van der Waals surface area contributed by atoms with Crippen LogP contribution in [0.15, 0.2) is 71.1 Å². The maximum atomic E-state index is 13.5. The number of carbonyl (C=O) groups is 1. The summed E-state index contributed by atoms with van der Waals surface area (Å²) in [5.41, 5.74) is 0.857. The molecule has 4 aromatic rings. The largest absolute Gasteiger partial charge is 0.497 e. The van der Waals surface area contributed by atoms with Crippen LogP contribution >= 0.6 is 11.3 Å². The van der Waals surface area contributed by atoms with E-state index >= 15 is 0 Å². The van der Waals surface area contributed by atoms with Crippen LogP contribution in [-0.4, -0.2) is 33.5 Å². The summed E-state index contributed by atoms with van der Waals surface area (Å²) in [4.78, 5) is 33.4. The van der Waals surface area contributed by atoms with E-state index in [0.717, 1.165) is 11.3 Å². The Morgan fingerprint density at radius 3 is 2.70 bits per heavy atom. The molecule has 0 saturated heterocycles. The maximum Gasteiger partial charge on any atom is 0.261 e. The smallest absolute Gasteiger partial charge is 0.261 e. The van der Waals surface area contributed by atoms with Crippen molar-refractivity contribution in [3.63, 3.8) is 0 Å². The molecule has 4 rings (SSSR count). The first-order valence-electron chi connectivity index (χ1n) is 10.5. The van der Waals surface area contributed by atoms with Crippen LogP contribution in [0.5, 0.6) is 5.75 Å². The van der Waals surface area contributed by atoms with Gasteiger partial charge in [0.05, 0.1) is 24.3 Å². The number of thiophene rings is 1. The normalized spacial score (nSPS) is 12.0. The van der Waals surface area contributed by atoms with Gasteiger partial charge in [0.15, 0.2) is 0 Å². The molecular formula is C25H24FN3O3S. The Morgan fingerprint density at radius 1 is 1.21 bits per heavy atom. The minimum atomic E-state index is -0.462. The first-order chi connectivity index (χ1) is 15.9. The van der Waals surface area contributed by atoms with Crippen molar-refractivity contribution in [1.29, 1.82) is 0 Å². The summed E-state index contributed by atoms with van der Waals surface area (Å²) in [6, 6.07) is 15.4. The quantitative estimate of drug-likeness (QED) is 0.390. The van der Waals surface area contributed by atoms with Crippen LogP contribution in [0.4, 0.5) is 4.39 Å². The number of nitrogens with zero attached hydrogens (tertiary/aromatic N) is 3. The molecule has 0 fully saturated rings. The molecule has 2 aromatic carbocycles. The van der Waals surface area contributed by atoms with E-state index in [4.69, 9.17) is 4.74 Å². The van der Waals surface area contributed by atoms with E-state index in [0.29, 0.717) is 13.0 Å². The van der Waals surface area contributed by atoms with E-state index in [2.05, 4.69) is 4.98 Å². The van der Waals surface area contributed by atoms with Crippen molar-refractivity contribution in [3.05, 3.63) is 92.9 Å². The SMILES string of the molecule is COc1ccc(CN(C(=O)Cn2cnc3cc(F)ccc3c2=O)[C@@H](C)Cc2cccs2)cc1. The highest BCUT2D eigenvalue weighted by Crippen LogP contribution is 2.19. The number of hydrogen-bond donors (Lipinski definition) is 0. The number of hydrogen-bond acceptors (Lipinski definition) is 5. The van der Waals surface area contributed by atoms with Gasteiger partial charge in [0.2, 0.25) is 5.91 Å². The predicted octanol–water partition coefficient (Wildman–Crippen LogP) is 4.27. The molecule has 1 amide bonds. The third-order valence-electron chi connectivity index (χ3n) is 5.53. The molecule has 0 aliphatic carbocycles. The molecule has 0 spiro atoms. The lowest BCUT2D eigenvalue weighted by atomic mass is 10.1. The van der Waals surface area contributed by atoms with E-state index in [9.17, 15) is 14.0 Å². The van der Waals surface area contributed by atoms with Gasteiger partial charge in [0, 0.05) is 30.0 Å². The highest BCUT2D eigenvalue weighted by Gasteiger charge is 2.22. The van der Waals surface area contributed by atoms with Crippen LogP contribution in [0.3, 0.4) is 0 Å². The fraction of sp³-hybridized carbons (Fsp3) is 0.240. The van der Waals surface area contributed by atoms with Crippen molar-refractivity contribution in [3.8, 4) is 5.75 Å². The van der Waals surface area contributed by atoms with E-state index in [1.165, 1.54) is 34.0 Å². The molecule has 0 saturated carbocycles. The van der Waals surface area contributed by atoms with Crippen molar-refractivity contribution < 1.29 is 13.9 Å². The predicted molar refractivity (Wildman–Crippen MR) is 127 cm³/mol. The highest BCUT2D eigenvalue weighted by molar-refractivity contribution is 7.09. The second kappa shape index (κ2) is 9.95. The molecule has 8 heteroatoms. The minimum Gasteiger partial charge on any atom is -0.497 e. The van der Waals surface area contributed by atoms with Gasteiger partial charge in [0.25, 0.3) is 5.56 Å². The van der Waals surface area contributed by atoms with Gasteiger partial charge in [-0.25, -0.2) is 9.37 Å². The van der Waals surface area contributed by atoms with Crippen LogP contribution in [0, 0.1) is 5.82 Å². The molecule has 1 atom stereocenters. The van der Waals surface area contributed by atoms with E-state index in [1.54, 1.807) is 23.3 Å². The summed E-state index contributed by atoms with van der Waals surface area (Å²) >= 11 is 1.65. The Morgan fingerprint density at radius 2 is 2.00 bits per heavy atom. The van der Waals surface area contributed by atoms with Crippen molar-refractivity contribution >= 4 is 28.1 Å². The summed E-state index contributed by atoms with van der Waals surface area (Å²) in [6.45, 7) is 2.26. The Kier molecular flexibility index (Phi) is 6.84. The molecule has 2 aromatic heterocycles. The first kappa shape index (κ1) is 22.7. The van der Waals surface area contributed by atoms with Crippen molar-refractivity contribution in [2.24, 2.45) is 0 Å². The first-order valence-corrected chi connectivity index (χ1v) is 11.4. The van der Waals surface area contributed by atoms with Gasteiger partial charge in [-0.1, -0.05) is 18.2 Å². The van der Waals surface area contributed by atoms with Crippen LogP contribution < -0.4 is 10.3 Å². The van der Waals surface area contributed by atoms with Crippen LogP contribution in [0.2, 0.25) is 0 Å². The zero-order valence-corrected chi connectivity index (χ0v) is 19.2. The number of carbonyl (C=O) groups excluding carboxylic acids is 1. The number of methoxy groups -OCH3 is 1. The monoisotopic (exact) mass is 465 g/mol. The summed E-state index contributed by atoms with van der Waals surface area (Å²) in [7, 11) is 1.61. The molecular weight excluding hydrogens is 441 g/mol. The summed E-state index contributed by atoms with van der Waals surface area (Å²) < 4.78 is 20.0. The molecule has 0 aliphatic heterocycles. The topological polar surface area (TPSA) is 64.4 Å². The van der Waals surface area contributed by atoms with Crippen molar-refractivity contribution in [2.75, 3.05) is 7.11 Å². The molecule has 170 valence electrons. The summed E-state index contributed by atoms with van der Waals surface area (Å²) in [5.74, 6) is 0.0880. The lowest BCUT2D eigenvalue weighted by Crippen LogP contribution is -2.42. The van der Waals surface area contributed by atoms with E-state index < -0.39 is 5.82 Å². The summed E-state index contributed by atoms with van der Waals surface area (Å²) in [6.07, 6.45) is 2.02. The number of amides is 1. The third-order valence-corrected chi connectivity index (χ3v) is 6.43. The number of rotatable bonds is 8. The molecule has 0 aliphatic rings. The number of ether oxygens (including phenoxy) is 1. The molecule has 0 N–H and O–H groups in total. The molecule has 0 unspecified atom stereocenters. The van der Waals surface area contributed by atoms with Crippen molar-refractivity contribution in [2.45, 2.75) is 32.5 Å². The molecule has 6 nitrogen and oxygen atoms in total. The van der Waals surface area contributed by atoms with Crippen LogP contribution in [0.25, 0.3) is 10.9 Å². The fourth-order valence-electron chi connectivity index (χ4n) is 3.73. The Labute approximate surface area is 194 Å². The minimum absolute atomic E-state index is 0.0866. The number of benzene rings is 2. The highest BCUT2D eigenvalue weighted by atomic mass is 32.1. The average molecular weight is 466 g/mol. The Balaban J connectivity index is 1.60. The number of fused-ring (bicyclic) bond motifs is 1. The zero-order valence-electron chi connectivity index (χ0n) is 18.4.